The van der Waals surface area contributed by atoms with Crippen molar-refractivity contribution in [3.05, 3.63) is 86.7 Å². The van der Waals surface area contributed by atoms with Gasteiger partial charge in [0.15, 0.2) is 0 Å². The number of carbonyl (C=O) groups excluding carboxylic acids is 1. The second kappa shape index (κ2) is 7.43. The standard InChI is InChI=1S/C21H20N6O3/c1-13-22-10-11-27(13)12-14-4-6-15(7-5-14)23-19(28)17-9-8-16-18(24-17)25(2)21(30)26(3)20(16)29/h4-11H,12H2,1-3H3,(H,23,28). The first-order valence-corrected chi connectivity index (χ1v) is 9.30. The number of nitrogens with one attached hydrogen (secondary N) is 1. The molecule has 1 aromatic carbocycles. The molecule has 0 aliphatic carbocycles. The topological polar surface area (TPSA) is 104 Å². The minimum atomic E-state index is -0.499. The molecule has 0 aliphatic rings. The molecule has 0 fully saturated rings. The Hall–Kier alpha value is -4.01. The molecular formula is C21H20N6O3. The van der Waals surface area contributed by atoms with Crippen molar-refractivity contribution in [2.75, 3.05) is 5.32 Å². The highest BCUT2D eigenvalue weighted by Crippen LogP contribution is 2.14. The molecule has 1 N–H and O–H groups in total. The predicted octanol–water partition coefficient (Wildman–Crippen LogP) is 1.44. The Labute approximate surface area is 171 Å². The Bertz CT molecular complexity index is 1380. The number of rotatable bonds is 4. The molecule has 9 heteroatoms. The van der Waals surface area contributed by atoms with Crippen LogP contribution in [0.25, 0.3) is 11.0 Å². The Morgan fingerprint density at radius 3 is 2.43 bits per heavy atom. The van der Waals surface area contributed by atoms with Crippen LogP contribution in [0.3, 0.4) is 0 Å². The monoisotopic (exact) mass is 404 g/mol. The van der Waals surface area contributed by atoms with E-state index in [1.807, 2.05) is 42.0 Å². The Balaban J connectivity index is 1.56. The Kier molecular flexibility index (Phi) is 4.78. The van der Waals surface area contributed by atoms with Crippen LogP contribution in [-0.4, -0.2) is 29.6 Å². The molecule has 0 radical (unpaired) electrons. The maximum atomic E-state index is 12.6. The van der Waals surface area contributed by atoms with Gasteiger partial charge >= 0.3 is 5.69 Å². The number of hydrogen-bond acceptors (Lipinski definition) is 5. The summed E-state index contributed by atoms with van der Waals surface area (Å²) in [7, 11) is 2.92. The first kappa shape index (κ1) is 19.3. The number of hydrogen-bond donors (Lipinski definition) is 1. The van der Waals surface area contributed by atoms with Gasteiger partial charge in [-0.05, 0) is 36.8 Å². The molecule has 4 aromatic rings. The number of fused-ring (bicyclic) bond motifs is 1. The van der Waals surface area contributed by atoms with Crippen molar-refractivity contribution in [2.24, 2.45) is 14.1 Å². The molecule has 0 bridgehead atoms. The minimum Gasteiger partial charge on any atom is -0.331 e. The maximum Gasteiger partial charge on any atom is 0.332 e. The Morgan fingerprint density at radius 2 is 1.77 bits per heavy atom. The van der Waals surface area contributed by atoms with E-state index in [1.54, 1.807) is 6.20 Å². The summed E-state index contributed by atoms with van der Waals surface area (Å²) in [4.78, 5) is 45.4. The van der Waals surface area contributed by atoms with Gasteiger partial charge in [-0.3, -0.25) is 18.7 Å². The summed E-state index contributed by atoms with van der Waals surface area (Å²) in [5, 5.41) is 3.06. The number of amides is 1. The third-order valence-corrected chi connectivity index (χ3v) is 5.02. The van der Waals surface area contributed by atoms with Gasteiger partial charge in [-0.25, -0.2) is 14.8 Å². The van der Waals surface area contributed by atoms with Crippen molar-refractivity contribution in [3.8, 4) is 0 Å². The lowest BCUT2D eigenvalue weighted by molar-refractivity contribution is 0.102. The number of nitrogens with zero attached hydrogens (tertiary/aromatic N) is 5. The fourth-order valence-corrected chi connectivity index (χ4v) is 3.24. The molecule has 3 heterocycles. The maximum absolute atomic E-state index is 12.6. The third-order valence-electron chi connectivity index (χ3n) is 5.02. The number of anilines is 1. The van der Waals surface area contributed by atoms with Crippen LogP contribution in [0.4, 0.5) is 5.69 Å². The summed E-state index contributed by atoms with van der Waals surface area (Å²) >= 11 is 0. The van der Waals surface area contributed by atoms with Crippen LogP contribution in [0.2, 0.25) is 0 Å². The zero-order valence-corrected chi connectivity index (χ0v) is 16.8. The van der Waals surface area contributed by atoms with Crippen LogP contribution in [-0.2, 0) is 20.6 Å². The average Bonchev–Trinajstić information content (AvgIpc) is 3.16. The van der Waals surface area contributed by atoms with E-state index < -0.39 is 17.2 Å². The van der Waals surface area contributed by atoms with Crippen LogP contribution in [0.1, 0.15) is 21.9 Å². The van der Waals surface area contributed by atoms with Crippen molar-refractivity contribution < 1.29 is 4.79 Å². The van der Waals surface area contributed by atoms with Gasteiger partial charge in [-0.1, -0.05) is 12.1 Å². The number of benzene rings is 1. The zero-order valence-electron chi connectivity index (χ0n) is 16.8. The van der Waals surface area contributed by atoms with E-state index in [2.05, 4.69) is 15.3 Å². The number of aromatic nitrogens is 5. The van der Waals surface area contributed by atoms with E-state index in [0.717, 1.165) is 16.0 Å². The molecule has 0 aliphatic heterocycles. The molecule has 3 aromatic heterocycles. The molecule has 4 rings (SSSR count). The normalized spacial score (nSPS) is 11.0. The van der Waals surface area contributed by atoms with Gasteiger partial charge in [0.05, 0.1) is 5.39 Å². The van der Waals surface area contributed by atoms with E-state index in [9.17, 15) is 14.4 Å². The van der Waals surface area contributed by atoms with Gasteiger partial charge in [-0.15, -0.1) is 0 Å². The molecule has 0 unspecified atom stereocenters. The largest absolute Gasteiger partial charge is 0.332 e. The van der Waals surface area contributed by atoms with Gasteiger partial charge < -0.3 is 9.88 Å². The van der Waals surface area contributed by atoms with Gasteiger partial charge in [0, 0.05) is 38.7 Å². The van der Waals surface area contributed by atoms with Gasteiger partial charge in [0.2, 0.25) is 0 Å². The number of carbonyl (C=O) groups is 1. The molecule has 0 spiro atoms. The minimum absolute atomic E-state index is 0.115. The third kappa shape index (κ3) is 3.41. The lowest BCUT2D eigenvalue weighted by Crippen LogP contribution is -2.37. The second-order valence-corrected chi connectivity index (χ2v) is 7.03. The summed E-state index contributed by atoms with van der Waals surface area (Å²) in [5.41, 5.74) is 1.03. The van der Waals surface area contributed by atoms with Crippen LogP contribution >= 0.6 is 0 Å². The molecule has 9 nitrogen and oxygen atoms in total. The molecule has 30 heavy (non-hydrogen) atoms. The number of aryl methyl sites for hydroxylation is 2. The van der Waals surface area contributed by atoms with Crippen LogP contribution in [0, 0.1) is 6.92 Å². The molecule has 0 saturated heterocycles. The summed E-state index contributed by atoms with van der Waals surface area (Å²) in [5.74, 6) is 0.502. The highest BCUT2D eigenvalue weighted by molar-refractivity contribution is 6.03. The van der Waals surface area contributed by atoms with Crippen molar-refractivity contribution in [1.29, 1.82) is 0 Å². The van der Waals surface area contributed by atoms with E-state index >= 15 is 0 Å². The van der Waals surface area contributed by atoms with Gasteiger partial charge in [-0.2, -0.15) is 0 Å². The number of imidazole rings is 1. The van der Waals surface area contributed by atoms with E-state index in [1.165, 1.54) is 30.8 Å². The summed E-state index contributed by atoms with van der Waals surface area (Å²) in [6.45, 7) is 2.63. The molecule has 0 saturated carbocycles. The average molecular weight is 404 g/mol. The lowest BCUT2D eigenvalue weighted by Gasteiger charge is -2.10. The fourth-order valence-electron chi connectivity index (χ4n) is 3.24. The van der Waals surface area contributed by atoms with Gasteiger partial charge in [0.1, 0.15) is 17.2 Å². The molecular weight excluding hydrogens is 384 g/mol. The Morgan fingerprint density at radius 1 is 1.03 bits per heavy atom. The number of pyridine rings is 1. The van der Waals surface area contributed by atoms with Crippen molar-refractivity contribution >= 4 is 22.6 Å². The zero-order chi connectivity index (χ0) is 21.4. The highest BCUT2D eigenvalue weighted by Gasteiger charge is 2.14. The van der Waals surface area contributed by atoms with E-state index in [0.29, 0.717) is 12.2 Å². The molecule has 0 atom stereocenters. The van der Waals surface area contributed by atoms with Crippen LogP contribution < -0.4 is 16.6 Å². The molecule has 1 amide bonds. The highest BCUT2D eigenvalue weighted by atomic mass is 16.2. The SMILES string of the molecule is Cc1nccn1Cc1ccc(NC(=O)c2ccc3c(=O)n(C)c(=O)n(C)c3n2)cc1. The fraction of sp³-hybridized carbons (Fsp3) is 0.190. The summed E-state index contributed by atoms with van der Waals surface area (Å²) in [6.07, 6.45) is 3.67. The predicted molar refractivity (Wildman–Crippen MR) is 113 cm³/mol. The first-order chi connectivity index (χ1) is 14.3. The van der Waals surface area contributed by atoms with E-state index in [4.69, 9.17) is 0 Å². The molecule has 152 valence electrons. The van der Waals surface area contributed by atoms with Crippen LogP contribution in [0.5, 0.6) is 0 Å². The summed E-state index contributed by atoms with van der Waals surface area (Å²) < 4.78 is 4.29. The van der Waals surface area contributed by atoms with Crippen molar-refractivity contribution in [2.45, 2.75) is 13.5 Å². The quantitative estimate of drug-likeness (QED) is 0.554. The summed E-state index contributed by atoms with van der Waals surface area (Å²) in [6, 6.07) is 10.5. The van der Waals surface area contributed by atoms with E-state index in [-0.39, 0.29) is 16.7 Å². The van der Waals surface area contributed by atoms with Crippen LogP contribution in [0.15, 0.2) is 58.4 Å². The van der Waals surface area contributed by atoms with Crippen molar-refractivity contribution in [3.63, 3.8) is 0 Å². The first-order valence-electron chi connectivity index (χ1n) is 9.30. The van der Waals surface area contributed by atoms with Crippen molar-refractivity contribution in [1.82, 2.24) is 23.7 Å². The van der Waals surface area contributed by atoms with Gasteiger partial charge in [0.25, 0.3) is 11.5 Å². The lowest BCUT2D eigenvalue weighted by atomic mass is 10.2. The second-order valence-electron chi connectivity index (χ2n) is 7.03. The smallest absolute Gasteiger partial charge is 0.331 e.